The summed E-state index contributed by atoms with van der Waals surface area (Å²) in [5, 5.41) is 1.24. The Bertz CT molecular complexity index is 429. The molecule has 0 aliphatic carbocycles. The van der Waals surface area contributed by atoms with Crippen molar-refractivity contribution in [3.05, 3.63) is 28.8 Å². The van der Waals surface area contributed by atoms with Gasteiger partial charge in [-0.05, 0) is 24.6 Å². The quantitative estimate of drug-likeness (QED) is 0.677. The van der Waals surface area contributed by atoms with Gasteiger partial charge in [-0.3, -0.25) is 0 Å². The third kappa shape index (κ3) is 2.78. The van der Waals surface area contributed by atoms with E-state index in [0.29, 0.717) is 5.92 Å². The van der Waals surface area contributed by atoms with E-state index < -0.39 is 0 Å². The Hall–Kier alpha value is -0.890. The summed E-state index contributed by atoms with van der Waals surface area (Å²) in [6.45, 7) is 10.5. The second-order valence-electron chi connectivity index (χ2n) is 3.68. The van der Waals surface area contributed by atoms with Gasteiger partial charge in [0.05, 0.1) is 15.2 Å². The van der Waals surface area contributed by atoms with Crippen molar-refractivity contribution in [1.82, 2.24) is 4.98 Å². The Balaban J connectivity index is 0.000000531. The monoisotopic (exact) mass is 221 g/mol. The molecule has 15 heavy (non-hydrogen) atoms. The van der Waals surface area contributed by atoms with Crippen LogP contribution < -0.4 is 0 Å². The van der Waals surface area contributed by atoms with Gasteiger partial charge in [0.2, 0.25) is 0 Å². The molecule has 0 aliphatic heterocycles. The zero-order chi connectivity index (χ0) is 11.4. The number of aryl methyl sites for hydroxylation is 1. The molecule has 82 valence electrons. The van der Waals surface area contributed by atoms with E-state index in [9.17, 15) is 0 Å². The summed E-state index contributed by atoms with van der Waals surface area (Å²) in [5.41, 5.74) is 2.45. The average Bonchev–Trinajstić information content (AvgIpc) is 2.63. The van der Waals surface area contributed by atoms with Gasteiger partial charge in [0.1, 0.15) is 0 Å². The summed E-state index contributed by atoms with van der Waals surface area (Å²) < 4.78 is 1.31. The number of rotatable bonds is 1. The molecule has 0 saturated heterocycles. The zero-order valence-corrected chi connectivity index (χ0v) is 11.0. The maximum absolute atomic E-state index is 4.57. The van der Waals surface area contributed by atoms with Crippen LogP contribution in [0.3, 0.4) is 0 Å². The Morgan fingerprint density at radius 2 is 1.87 bits per heavy atom. The van der Waals surface area contributed by atoms with Crippen molar-refractivity contribution in [3.8, 4) is 0 Å². The number of benzene rings is 1. The molecule has 0 unspecified atom stereocenters. The zero-order valence-electron chi connectivity index (χ0n) is 10.2. The fourth-order valence-electron chi connectivity index (χ4n) is 1.30. The summed E-state index contributed by atoms with van der Waals surface area (Å²) in [7, 11) is 0. The second kappa shape index (κ2) is 5.26. The number of fused-ring (bicyclic) bond motifs is 1. The highest BCUT2D eigenvalue weighted by Gasteiger charge is 2.06. The molecule has 0 aliphatic rings. The van der Waals surface area contributed by atoms with Crippen molar-refractivity contribution < 1.29 is 0 Å². The van der Waals surface area contributed by atoms with E-state index >= 15 is 0 Å². The van der Waals surface area contributed by atoms with Gasteiger partial charge >= 0.3 is 0 Å². The van der Waals surface area contributed by atoms with Crippen LogP contribution in [0.2, 0.25) is 0 Å². The summed E-state index contributed by atoms with van der Waals surface area (Å²) >= 11 is 1.81. The van der Waals surface area contributed by atoms with Gasteiger partial charge in [0, 0.05) is 5.92 Å². The van der Waals surface area contributed by atoms with E-state index in [1.54, 1.807) is 0 Å². The van der Waals surface area contributed by atoms with Gasteiger partial charge in [-0.2, -0.15) is 0 Å². The lowest BCUT2D eigenvalue weighted by Crippen LogP contribution is -1.82. The van der Waals surface area contributed by atoms with Crippen LogP contribution in [0.15, 0.2) is 18.2 Å². The molecule has 0 N–H and O–H groups in total. The first kappa shape index (κ1) is 12.2. The number of nitrogens with zero attached hydrogens (tertiary/aromatic N) is 1. The Kier molecular flexibility index (Phi) is 4.28. The van der Waals surface area contributed by atoms with E-state index in [4.69, 9.17) is 0 Å². The number of thiazole rings is 1. The minimum atomic E-state index is 0.540. The topological polar surface area (TPSA) is 12.9 Å². The van der Waals surface area contributed by atoms with Crippen LogP contribution in [0.25, 0.3) is 10.2 Å². The molecule has 0 atom stereocenters. The smallest absolute Gasteiger partial charge is 0.0963 e. The van der Waals surface area contributed by atoms with Crippen molar-refractivity contribution >= 4 is 21.6 Å². The van der Waals surface area contributed by atoms with Crippen LogP contribution in [-0.4, -0.2) is 4.98 Å². The molecule has 0 fully saturated rings. The third-order valence-electron chi connectivity index (χ3n) is 2.05. The van der Waals surface area contributed by atoms with Gasteiger partial charge in [-0.25, -0.2) is 4.98 Å². The molecule has 1 aromatic heterocycles. The lowest BCUT2D eigenvalue weighted by molar-refractivity contribution is 0.857. The highest BCUT2D eigenvalue weighted by Crippen LogP contribution is 2.27. The largest absolute Gasteiger partial charge is 0.241 e. The van der Waals surface area contributed by atoms with Crippen LogP contribution in [0.1, 0.15) is 44.2 Å². The van der Waals surface area contributed by atoms with Gasteiger partial charge in [-0.15, -0.1) is 11.3 Å². The minimum Gasteiger partial charge on any atom is -0.241 e. The summed E-state index contributed by atoms with van der Waals surface area (Å²) in [5.74, 6) is 0.540. The van der Waals surface area contributed by atoms with Crippen molar-refractivity contribution in [2.45, 2.75) is 40.5 Å². The normalized spacial score (nSPS) is 10.3. The SMILES string of the molecule is CC.Cc1ccc2nc(C(C)C)sc2c1. The highest BCUT2D eigenvalue weighted by atomic mass is 32.1. The first-order valence-corrected chi connectivity index (χ1v) is 6.35. The van der Waals surface area contributed by atoms with Crippen LogP contribution in [-0.2, 0) is 0 Å². The van der Waals surface area contributed by atoms with E-state index in [1.165, 1.54) is 15.3 Å². The highest BCUT2D eigenvalue weighted by molar-refractivity contribution is 7.18. The van der Waals surface area contributed by atoms with Gasteiger partial charge in [-0.1, -0.05) is 33.8 Å². The molecule has 1 nitrogen and oxygen atoms in total. The van der Waals surface area contributed by atoms with Gasteiger partial charge in [0.25, 0.3) is 0 Å². The lowest BCUT2D eigenvalue weighted by atomic mass is 10.2. The average molecular weight is 221 g/mol. The van der Waals surface area contributed by atoms with E-state index in [0.717, 1.165) is 5.52 Å². The molecular formula is C13H19NS. The van der Waals surface area contributed by atoms with Crippen LogP contribution >= 0.6 is 11.3 Å². The van der Waals surface area contributed by atoms with Crippen molar-refractivity contribution in [2.75, 3.05) is 0 Å². The van der Waals surface area contributed by atoms with E-state index in [2.05, 4.69) is 44.0 Å². The molecule has 1 aromatic carbocycles. The molecule has 0 bridgehead atoms. The standard InChI is InChI=1S/C11H13NS.C2H6/c1-7(2)11-12-9-5-4-8(3)6-10(9)13-11;1-2/h4-7H,1-3H3;1-2H3. The number of aromatic nitrogens is 1. The second-order valence-corrected chi connectivity index (χ2v) is 4.74. The van der Waals surface area contributed by atoms with Crippen LogP contribution in [0.4, 0.5) is 0 Å². The molecule has 2 heteroatoms. The first-order valence-electron chi connectivity index (χ1n) is 5.54. The number of hydrogen-bond acceptors (Lipinski definition) is 2. The fraction of sp³-hybridized carbons (Fsp3) is 0.462. The Morgan fingerprint density at radius 3 is 2.47 bits per heavy atom. The summed E-state index contributed by atoms with van der Waals surface area (Å²) in [6, 6.07) is 6.43. The molecule has 2 aromatic rings. The molecule has 2 rings (SSSR count). The predicted molar refractivity (Wildman–Crippen MR) is 69.8 cm³/mol. The lowest BCUT2D eigenvalue weighted by Gasteiger charge is -1.94. The number of hydrogen-bond donors (Lipinski definition) is 0. The Morgan fingerprint density at radius 1 is 1.20 bits per heavy atom. The van der Waals surface area contributed by atoms with Gasteiger partial charge < -0.3 is 0 Å². The van der Waals surface area contributed by atoms with E-state index in [-0.39, 0.29) is 0 Å². The van der Waals surface area contributed by atoms with Crippen LogP contribution in [0, 0.1) is 6.92 Å². The summed E-state index contributed by atoms with van der Waals surface area (Å²) in [6.07, 6.45) is 0. The molecule has 1 heterocycles. The van der Waals surface area contributed by atoms with Crippen molar-refractivity contribution in [2.24, 2.45) is 0 Å². The molecule has 0 amide bonds. The van der Waals surface area contributed by atoms with Crippen molar-refractivity contribution in [1.29, 1.82) is 0 Å². The van der Waals surface area contributed by atoms with Gasteiger partial charge in [0.15, 0.2) is 0 Å². The maximum Gasteiger partial charge on any atom is 0.0963 e. The fourth-order valence-corrected chi connectivity index (χ4v) is 2.36. The van der Waals surface area contributed by atoms with E-state index in [1.807, 2.05) is 25.2 Å². The third-order valence-corrected chi connectivity index (χ3v) is 3.37. The molecule has 0 saturated carbocycles. The maximum atomic E-state index is 4.57. The predicted octanol–water partition coefficient (Wildman–Crippen LogP) is 4.75. The molecular weight excluding hydrogens is 202 g/mol. The first-order chi connectivity index (χ1) is 7.16. The molecule has 0 radical (unpaired) electrons. The van der Waals surface area contributed by atoms with Crippen molar-refractivity contribution in [3.63, 3.8) is 0 Å². The molecule has 0 spiro atoms. The van der Waals surface area contributed by atoms with Crippen LogP contribution in [0.5, 0.6) is 0 Å². The summed E-state index contributed by atoms with van der Waals surface area (Å²) in [4.78, 5) is 4.57. The Labute approximate surface area is 96.2 Å². The minimum absolute atomic E-state index is 0.540.